The lowest BCUT2D eigenvalue weighted by Gasteiger charge is -2.31. The van der Waals surface area contributed by atoms with E-state index in [4.69, 9.17) is 16.6 Å². The summed E-state index contributed by atoms with van der Waals surface area (Å²) in [5.41, 5.74) is 2.47. The van der Waals surface area contributed by atoms with E-state index in [1.807, 2.05) is 24.3 Å². The van der Waals surface area contributed by atoms with Gasteiger partial charge in [0, 0.05) is 24.7 Å². The maximum Gasteiger partial charge on any atom is 0.262 e. The highest BCUT2D eigenvalue weighted by Crippen LogP contribution is 2.32. The van der Waals surface area contributed by atoms with Gasteiger partial charge in [-0.3, -0.25) is 14.3 Å². The Morgan fingerprint density at radius 1 is 1.25 bits per heavy atom. The molecule has 1 aliphatic heterocycles. The summed E-state index contributed by atoms with van der Waals surface area (Å²) in [5, 5.41) is 0.936. The summed E-state index contributed by atoms with van der Waals surface area (Å²) in [7, 11) is 0. The van der Waals surface area contributed by atoms with Crippen molar-refractivity contribution in [3.05, 3.63) is 57.7 Å². The molecule has 0 spiro atoms. The SMILES string of the molecule is CC1(C)CCn2c(nc3cc(-c4ccccn4)cc(Cl)c3c2=O)C1. The molecule has 0 atom stereocenters. The minimum absolute atomic E-state index is 0.0388. The molecule has 0 saturated heterocycles. The van der Waals surface area contributed by atoms with Gasteiger partial charge in [0.2, 0.25) is 0 Å². The zero-order valence-corrected chi connectivity index (χ0v) is 14.5. The Morgan fingerprint density at radius 2 is 2.08 bits per heavy atom. The summed E-state index contributed by atoms with van der Waals surface area (Å²) in [6, 6.07) is 9.43. The van der Waals surface area contributed by atoms with Crippen LogP contribution in [0.3, 0.4) is 0 Å². The molecule has 5 heteroatoms. The van der Waals surface area contributed by atoms with Gasteiger partial charge in [-0.2, -0.15) is 0 Å². The molecule has 0 fully saturated rings. The highest BCUT2D eigenvalue weighted by molar-refractivity contribution is 6.35. The second-order valence-electron chi connectivity index (χ2n) is 7.14. The second kappa shape index (κ2) is 5.42. The molecular formula is C19H18ClN3O. The fraction of sp³-hybridized carbons (Fsp3) is 0.316. The standard InChI is InChI=1S/C19H18ClN3O/c1-19(2)6-8-23-16(11-19)22-15-10-12(14-5-3-4-7-21-14)9-13(20)17(15)18(23)24/h3-5,7,9-10H,6,8,11H2,1-2H3. The number of nitrogens with zero attached hydrogens (tertiary/aromatic N) is 3. The zero-order valence-electron chi connectivity index (χ0n) is 13.7. The molecule has 0 amide bonds. The van der Waals surface area contributed by atoms with Crippen LogP contribution in [0.1, 0.15) is 26.1 Å². The third-order valence-corrected chi connectivity index (χ3v) is 5.00. The molecule has 0 N–H and O–H groups in total. The summed E-state index contributed by atoms with van der Waals surface area (Å²) in [4.78, 5) is 22.0. The molecular weight excluding hydrogens is 322 g/mol. The average molecular weight is 340 g/mol. The molecule has 1 aromatic carbocycles. The van der Waals surface area contributed by atoms with Gasteiger partial charge in [-0.15, -0.1) is 0 Å². The number of fused-ring (bicyclic) bond motifs is 2. The van der Waals surface area contributed by atoms with E-state index in [1.165, 1.54) is 0 Å². The van der Waals surface area contributed by atoms with Crippen molar-refractivity contribution < 1.29 is 0 Å². The molecule has 3 aromatic rings. The molecule has 0 unspecified atom stereocenters. The molecule has 24 heavy (non-hydrogen) atoms. The first kappa shape index (κ1) is 15.3. The van der Waals surface area contributed by atoms with E-state index in [0.29, 0.717) is 22.5 Å². The third kappa shape index (κ3) is 2.51. The predicted octanol–water partition coefficient (Wildman–Crippen LogP) is 4.08. The molecule has 1 aliphatic rings. The topological polar surface area (TPSA) is 47.8 Å². The molecule has 4 rings (SSSR count). The Kier molecular flexibility index (Phi) is 3.46. The molecule has 4 nitrogen and oxygen atoms in total. The maximum absolute atomic E-state index is 12.9. The number of hydrogen-bond donors (Lipinski definition) is 0. The van der Waals surface area contributed by atoms with Gasteiger partial charge in [0.15, 0.2) is 0 Å². The number of benzene rings is 1. The van der Waals surface area contributed by atoms with E-state index in [9.17, 15) is 4.79 Å². The minimum Gasteiger partial charge on any atom is -0.296 e. The van der Waals surface area contributed by atoms with Crippen molar-refractivity contribution in [2.75, 3.05) is 0 Å². The van der Waals surface area contributed by atoms with Crippen LogP contribution in [0.15, 0.2) is 41.3 Å². The highest BCUT2D eigenvalue weighted by Gasteiger charge is 2.28. The first-order valence-corrected chi connectivity index (χ1v) is 8.47. The van der Waals surface area contributed by atoms with E-state index >= 15 is 0 Å². The van der Waals surface area contributed by atoms with Crippen molar-refractivity contribution in [2.45, 2.75) is 33.2 Å². The molecule has 122 valence electrons. The van der Waals surface area contributed by atoms with Crippen LogP contribution in [0.2, 0.25) is 5.02 Å². The van der Waals surface area contributed by atoms with Crippen molar-refractivity contribution in [3.63, 3.8) is 0 Å². The largest absolute Gasteiger partial charge is 0.296 e. The number of rotatable bonds is 1. The van der Waals surface area contributed by atoms with Gasteiger partial charge in [0.1, 0.15) is 5.82 Å². The van der Waals surface area contributed by atoms with E-state index in [2.05, 4.69) is 18.8 Å². The Labute approximate surface area is 145 Å². The van der Waals surface area contributed by atoms with Crippen LogP contribution >= 0.6 is 11.6 Å². The number of halogens is 1. The van der Waals surface area contributed by atoms with Gasteiger partial charge in [0.25, 0.3) is 5.56 Å². The lowest BCUT2D eigenvalue weighted by molar-refractivity contribution is 0.261. The molecule has 0 saturated carbocycles. The summed E-state index contributed by atoms with van der Waals surface area (Å²) < 4.78 is 1.78. The van der Waals surface area contributed by atoms with Crippen LogP contribution in [0.25, 0.3) is 22.2 Å². The van der Waals surface area contributed by atoms with E-state index < -0.39 is 0 Å². The minimum atomic E-state index is -0.0388. The average Bonchev–Trinajstić information content (AvgIpc) is 2.54. The van der Waals surface area contributed by atoms with E-state index in [-0.39, 0.29) is 11.0 Å². The van der Waals surface area contributed by atoms with Crippen LogP contribution in [0.5, 0.6) is 0 Å². The number of hydrogen-bond acceptors (Lipinski definition) is 3. The van der Waals surface area contributed by atoms with Gasteiger partial charge < -0.3 is 0 Å². The zero-order chi connectivity index (χ0) is 16.9. The van der Waals surface area contributed by atoms with Crippen LogP contribution in [0, 0.1) is 5.41 Å². The van der Waals surface area contributed by atoms with Crippen LogP contribution in [-0.4, -0.2) is 14.5 Å². The van der Waals surface area contributed by atoms with Crippen molar-refractivity contribution in [1.82, 2.24) is 14.5 Å². The smallest absolute Gasteiger partial charge is 0.262 e. The lowest BCUT2D eigenvalue weighted by Crippen LogP contribution is -2.35. The van der Waals surface area contributed by atoms with Gasteiger partial charge in [0.05, 0.1) is 21.6 Å². The van der Waals surface area contributed by atoms with Crippen molar-refractivity contribution in [2.24, 2.45) is 5.41 Å². The van der Waals surface area contributed by atoms with Crippen LogP contribution < -0.4 is 5.56 Å². The van der Waals surface area contributed by atoms with Crippen LogP contribution in [-0.2, 0) is 13.0 Å². The maximum atomic E-state index is 12.9. The first-order chi connectivity index (χ1) is 11.4. The fourth-order valence-corrected chi connectivity index (χ4v) is 3.62. The second-order valence-corrected chi connectivity index (χ2v) is 7.55. The van der Waals surface area contributed by atoms with Gasteiger partial charge >= 0.3 is 0 Å². The van der Waals surface area contributed by atoms with Gasteiger partial charge in [-0.1, -0.05) is 31.5 Å². The van der Waals surface area contributed by atoms with E-state index in [1.54, 1.807) is 16.8 Å². The number of pyridine rings is 1. The van der Waals surface area contributed by atoms with Gasteiger partial charge in [-0.25, -0.2) is 4.98 Å². The normalized spacial score (nSPS) is 16.1. The lowest BCUT2D eigenvalue weighted by atomic mass is 9.83. The Hall–Kier alpha value is -2.20. The quantitative estimate of drug-likeness (QED) is 0.671. The Morgan fingerprint density at radius 3 is 2.83 bits per heavy atom. The summed E-state index contributed by atoms with van der Waals surface area (Å²) in [6.07, 6.45) is 3.51. The molecule has 0 radical (unpaired) electrons. The monoisotopic (exact) mass is 339 g/mol. The Bertz CT molecular complexity index is 993. The van der Waals surface area contributed by atoms with Crippen molar-refractivity contribution in [3.8, 4) is 11.3 Å². The van der Waals surface area contributed by atoms with E-state index in [0.717, 1.165) is 29.9 Å². The predicted molar refractivity (Wildman–Crippen MR) is 96.3 cm³/mol. The molecule has 2 aromatic heterocycles. The summed E-state index contributed by atoms with van der Waals surface area (Å²) in [6.45, 7) is 5.12. The summed E-state index contributed by atoms with van der Waals surface area (Å²) >= 11 is 6.43. The highest BCUT2D eigenvalue weighted by atomic mass is 35.5. The molecule has 3 heterocycles. The number of aromatic nitrogens is 3. The van der Waals surface area contributed by atoms with Crippen molar-refractivity contribution >= 4 is 22.5 Å². The Balaban J connectivity index is 1.97. The van der Waals surface area contributed by atoms with Crippen molar-refractivity contribution in [1.29, 1.82) is 0 Å². The van der Waals surface area contributed by atoms with Crippen LogP contribution in [0.4, 0.5) is 0 Å². The first-order valence-electron chi connectivity index (χ1n) is 8.09. The summed E-state index contributed by atoms with van der Waals surface area (Å²) in [5.74, 6) is 0.845. The molecule has 0 bridgehead atoms. The van der Waals surface area contributed by atoms with Gasteiger partial charge in [-0.05, 0) is 36.1 Å². The molecule has 0 aliphatic carbocycles. The fourth-order valence-electron chi connectivity index (χ4n) is 3.32. The third-order valence-electron chi connectivity index (χ3n) is 4.70.